The Labute approximate surface area is 119 Å². The third-order valence-electron chi connectivity index (χ3n) is 3.00. The molecular weight excluding hydrogens is 253 g/mol. The van der Waals surface area contributed by atoms with Crippen molar-refractivity contribution in [3.8, 4) is 5.75 Å². The molecular formula is C17H20FNO. The lowest BCUT2D eigenvalue weighted by Gasteiger charge is -2.15. The van der Waals surface area contributed by atoms with Crippen LogP contribution in [0.1, 0.15) is 31.0 Å². The first-order valence-corrected chi connectivity index (χ1v) is 6.81. The van der Waals surface area contributed by atoms with Crippen molar-refractivity contribution in [2.45, 2.75) is 32.4 Å². The highest BCUT2D eigenvalue weighted by Gasteiger charge is 2.09. The van der Waals surface area contributed by atoms with E-state index in [2.05, 4.69) is 0 Å². The molecule has 0 radical (unpaired) electrons. The zero-order valence-electron chi connectivity index (χ0n) is 11.8. The lowest BCUT2D eigenvalue weighted by atomic mass is 9.99. The molecule has 0 aliphatic carbocycles. The number of ether oxygens (including phenoxy) is 1. The van der Waals surface area contributed by atoms with Crippen LogP contribution in [0, 0.1) is 5.82 Å². The third kappa shape index (κ3) is 4.07. The quantitative estimate of drug-likeness (QED) is 0.898. The standard InChI is InChI=1S/C17H20FNO/c1-12(2)20-16-8-4-6-14(11-16)17(19)10-13-5-3-7-15(18)9-13/h3-9,11-12,17H,10,19H2,1-2H3. The van der Waals surface area contributed by atoms with E-state index in [0.717, 1.165) is 16.9 Å². The predicted molar refractivity (Wildman–Crippen MR) is 79.2 cm³/mol. The molecule has 106 valence electrons. The largest absolute Gasteiger partial charge is 0.491 e. The molecule has 0 aliphatic heterocycles. The summed E-state index contributed by atoms with van der Waals surface area (Å²) in [7, 11) is 0. The summed E-state index contributed by atoms with van der Waals surface area (Å²) in [6.45, 7) is 3.97. The fourth-order valence-electron chi connectivity index (χ4n) is 2.13. The van der Waals surface area contributed by atoms with Gasteiger partial charge in [-0.3, -0.25) is 0 Å². The van der Waals surface area contributed by atoms with E-state index in [1.54, 1.807) is 6.07 Å². The number of hydrogen-bond donors (Lipinski definition) is 1. The normalized spacial score (nSPS) is 12.4. The highest BCUT2D eigenvalue weighted by Crippen LogP contribution is 2.22. The monoisotopic (exact) mass is 273 g/mol. The van der Waals surface area contributed by atoms with Gasteiger partial charge in [0.1, 0.15) is 11.6 Å². The first kappa shape index (κ1) is 14.5. The minimum atomic E-state index is -0.230. The van der Waals surface area contributed by atoms with E-state index in [0.29, 0.717) is 6.42 Å². The van der Waals surface area contributed by atoms with Crippen molar-refractivity contribution in [1.29, 1.82) is 0 Å². The van der Waals surface area contributed by atoms with Gasteiger partial charge in [-0.2, -0.15) is 0 Å². The molecule has 2 aromatic rings. The Balaban J connectivity index is 2.10. The van der Waals surface area contributed by atoms with Crippen LogP contribution in [0.4, 0.5) is 4.39 Å². The van der Waals surface area contributed by atoms with Crippen LogP contribution in [-0.2, 0) is 6.42 Å². The summed E-state index contributed by atoms with van der Waals surface area (Å²) in [6, 6.07) is 14.1. The number of hydrogen-bond acceptors (Lipinski definition) is 2. The summed E-state index contributed by atoms with van der Waals surface area (Å²) in [5.41, 5.74) is 8.09. The fraction of sp³-hybridized carbons (Fsp3) is 0.294. The first-order valence-electron chi connectivity index (χ1n) is 6.81. The van der Waals surface area contributed by atoms with Crippen LogP contribution in [-0.4, -0.2) is 6.10 Å². The molecule has 0 spiro atoms. The van der Waals surface area contributed by atoms with E-state index in [1.807, 2.05) is 44.2 Å². The van der Waals surface area contributed by atoms with E-state index in [1.165, 1.54) is 12.1 Å². The van der Waals surface area contributed by atoms with E-state index < -0.39 is 0 Å². The third-order valence-corrected chi connectivity index (χ3v) is 3.00. The Kier molecular flexibility index (Phi) is 4.74. The van der Waals surface area contributed by atoms with Crippen molar-refractivity contribution in [3.63, 3.8) is 0 Å². The molecule has 2 rings (SSSR count). The lowest BCUT2D eigenvalue weighted by molar-refractivity contribution is 0.242. The van der Waals surface area contributed by atoms with Gasteiger partial charge in [-0.05, 0) is 55.7 Å². The van der Waals surface area contributed by atoms with E-state index >= 15 is 0 Å². The van der Waals surface area contributed by atoms with Crippen LogP contribution in [0.25, 0.3) is 0 Å². The minimum absolute atomic E-state index is 0.129. The summed E-state index contributed by atoms with van der Waals surface area (Å²) in [6.07, 6.45) is 0.729. The van der Waals surface area contributed by atoms with Crippen LogP contribution in [0.2, 0.25) is 0 Å². The second kappa shape index (κ2) is 6.53. The number of benzene rings is 2. The molecule has 0 heterocycles. The average molecular weight is 273 g/mol. The zero-order chi connectivity index (χ0) is 14.5. The lowest BCUT2D eigenvalue weighted by Crippen LogP contribution is -2.14. The SMILES string of the molecule is CC(C)Oc1cccc(C(N)Cc2cccc(F)c2)c1. The van der Waals surface area contributed by atoms with Gasteiger partial charge < -0.3 is 10.5 Å². The van der Waals surface area contributed by atoms with E-state index in [4.69, 9.17) is 10.5 Å². The van der Waals surface area contributed by atoms with Gasteiger partial charge in [0.05, 0.1) is 6.10 Å². The van der Waals surface area contributed by atoms with Gasteiger partial charge in [-0.1, -0.05) is 24.3 Å². The predicted octanol–water partition coefficient (Wildman–Crippen LogP) is 3.86. The average Bonchev–Trinajstić information content (AvgIpc) is 2.38. The van der Waals surface area contributed by atoms with Gasteiger partial charge in [-0.15, -0.1) is 0 Å². The first-order chi connectivity index (χ1) is 9.54. The summed E-state index contributed by atoms with van der Waals surface area (Å²) in [5.74, 6) is 0.582. The van der Waals surface area contributed by atoms with E-state index in [-0.39, 0.29) is 18.0 Å². The number of rotatable bonds is 5. The second-order valence-electron chi connectivity index (χ2n) is 5.18. The van der Waals surface area contributed by atoms with Crippen molar-refractivity contribution in [2.24, 2.45) is 5.73 Å². The highest BCUT2D eigenvalue weighted by molar-refractivity contribution is 5.32. The second-order valence-corrected chi connectivity index (χ2v) is 5.18. The Morgan fingerprint density at radius 3 is 2.55 bits per heavy atom. The summed E-state index contributed by atoms with van der Waals surface area (Å²) >= 11 is 0. The molecule has 0 fully saturated rings. The Morgan fingerprint density at radius 2 is 1.85 bits per heavy atom. The Bertz CT molecular complexity index is 568. The maximum absolute atomic E-state index is 13.2. The zero-order valence-corrected chi connectivity index (χ0v) is 11.8. The van der Waals surface area contributed by atoms with Crippen molar-refractivity contribution in [3.05, 3.63) is 65.5 Å². The van der Waals surface area contributed by atoms with Gasteiger partial charge in [0.2, 0.25) is 0 Å². The van der Waals surface area contributed by atoms with Crippen LogP contribution < -0.4 is 10.5 Å². The molecule has 1 unspecified atom stereocenters. The number of halogens is 1. The molecule has 0 aliphatic rings. The van der Waals surface area contributed by atoms with Crippen LogP contribution in [0.3, 0.4) is 0 Å². The molecule has 0 aromatic heterocycles. The number of nitrogens with two attached hydrogens (primary N) is 1. The van der Waals surface area contributed by atoms with Crippen molar-refractivity contribution in [2.75, 3.05) is 0 Å². The molecule has 0 saturated carbocycles. The van der Waals surface area contributed by atoms with Crippen LogP contribution in [0.15, 0.2) is 48.5 Å². The maximum atomic E-state index is 13.2. The summed E-state index contributed by atoms with van der Waals surface area (Å²) < 4.78 is 18.8. The smallest absolute Gasteiger partial charge is 0.123 e. The summed E-state index contributed by atoms with van der Waals surface area (Å²) in [5, 5.41) is 0. The highest BCUT2D eigenvalue weighted by atomic mass is 19.1. The van der Waals surface area contributed by atoms with Crippen molar-refractivity contribution >= 4 is 0 Å². The van der Waals surface area contributed by atoms with E-state index in [9.17, 15) is 4.39 Å². The fourth-order valence-corrected chi connectivity index (χ4v) is 2.13. The van der Waals surface area contributed by atoms with Crippen molar-refractivity contribution in [1.82, 2.24) is 0 Å². The topological polar surface area (TPSA) is 35.2 Å². The van der Waals surface area contributed by atoms with Crippen molar-refractivity contribution < 1.29 is 9.13 Å². The molecule has 2 nitrogen and oxygen atoms in total. The maximum Gasteiger partial charge on any atom is 0.123 e. The minimum Gasteiger partial charge on any atom is -0.491 e. The summed E-state index contributed by atoms with van der Waals surface area (Å²) in [4.78, 5) is 0. The van der Waals surface area contributed by atoms with Gasteiger partial charge >= 0.3 is 0 Å². The Morgan fingerprint density at radius 1 is 1.10 bits per heavy atom. The molecule has 0 saturated heterocycles. The molecule has 2 aromatic carbocycles. The molecule has 20 heavy (non-hydrogen) atoms. The molecule has 0 bridgehead atoms. The van der Waals surface area contributed by atoms with Gasteiger partial charge in [-0.25, -0.2) is 4.39 Å². The van der Waals surface area contributed by atoms with Crippen LogP contribution >= 0.6 is 0 Å². The Hall–Kier alpha value is -1.87. The molecule has 1 atom stereocenters. The van der Waals surface area contributed by atoms with Gasteiger partial charge in [0.15, 0.2) is 0 Å². The van der Waals surface area contributed by atoms with Gasteiger partial charge in [0.25, 0.3) is 0 Å². The molecule has 2 N–H and O–H groups in total. The molecule has 3 heteroatoms. The molecule has 0 amide bonds. The van der Waals surface area contributed by atoms with Gasteiger partial charge in [0, 0.05) is 6.04 Å². The van der Waals surface area contributed by atoms with Crippen LogP contribution in [0.5, 0.6) is 5.75 Å².